The number of nitrogens with zero attached hydrogens (tertiary/aromatic N) is 6. The first-order chi connectivity index (χ1) is 14.1. The summed E-state index contributed by atoms with van der Waals surface area (Å²) in [7, 11) is 1.83. The summed E-state index contributed by atoms with van der Waals surface area (Å²) in [6, 6.07) is 14.2. The summed E-state index contributed by atoms with van der Waals surface area (Å²) in [5.41, 5.74) is 2.34. The molecule has 4 rings (SSSR count). The number of nitro groups is 1. The molecule has 4 aromatic rings. The molecule has 3 heterocycles. The number of hydrogen-bond donors (Lipinski definition) is 1. The van der Waals surface area contributed by atoms with Crippen molar-refractivity contribution in [3.8, 4) is 5.69 Å². The van der Waals surface area contributed by atoms with Crippen LogP contribution in [0.2, 0.25) is 0 Å². The van der Waals surface area contributed by atoms with Gasteiger partial charge in [-0.3, -0.25) is 15.1 Å². The van der Waals surface area contributed by atoms with Gasteiger partial charge in [-0.15, -0.1) is 0 Å². The van der Waals surface area contributed by atoms with Crippen molar-refractivity contribution < 1.29 is 4.92 Å². The van der Waals surface area contributed by atoms with Gasteiger partial charge in [-0.25, -0.2) is 9.97 Å². The predicted molar refractivity (Wildman–Crippen MR) is 110 cm³/mol. The molecule has 1 N–H and O–H groups in total. The second-order valence-corrected chi connectivity index (χ2v) is 6.21. The van der Waals surface area contributed by atoms with Crippen LogP contribution in [0.25, 0.3) is 5.69 Å². The van der Waals surface area contributed by atoms with E-state index >= 15 is 0 Å². The predicted octanol–water partition coefficient (Wildman–Crippen LogP) is 4.08. The largest absolute Gasteiger partial charge is 0.334 e. The molecule has 0 amide bonds. The van der Waals surface area contributed by atoms with Gasteiger partial charge in [0.25, 0.3) is 0 Å². The van der Waals surface area contributed by atoms with Crippen LogP contribution in [0.4, 0.5) is 28.7 Å². The highest BCUT2D eigenvalue weighted by molar-refractivity contribution is 5.70. The minimum atomic E-state index is -0.455. The molecule has 0 fully saturated rings. The highest BCUT2D eigenvalue weighted by atomic mass is 16.6. The molecule has 9 heteroatoms. The van der Waals surface area contributed by atoms with Crippen molar-refractivity contribution in [2.24, 2.45) is 0 Å². The van der Waals surface area contributed by atoms with Crippen molar-refractivity contribution >= 4 is 28.7 Å². The molecule has 3 aromatic heterocycles. The minimum Gasteiger partial charge on any atom is -0.334 e. The molecule has 0 atom stereocenters. The molecule has 0 spiro atoms. The fourth-order valence-electron chi connectivity index (χ4n) is 2.82. The normalized spacial score (nSPS) is 10.5. The molecule has 0 aliphatic carbocycles. The van der Waals surface area contributed by atoms with Crippen LogP contribution in [0.5, 0.6) is 0 Å². The maximum atomic E-state index is 11.5. The van der Waals surface area contributed by atoms with Crippen molar-refractivity contribution in [3.05, 3.63) is 89.8 Å². The topological polar surface area (TPSA) is 102 Å². The van der Waals surface area contributed by atoms with E-state index in [9.17, 15) is 10.1 Å². The van der Waals surface area contributed by atoms with E-state index in [1.54, 1.807) is 31.0 Å². The molecule has 0 aliphatic rings. The van der Waals surface area contributed by atoms with Gasteiger partial charge in [-0.2, -0.15) is 0 Å². The molecule has 1 aromatic carbocycles. The maximum Gasteiger partial charge on any atom is 0.311 e. The van der Waals surface area contributed by atoms with Crippen LogP contribution in [0.3, 0.4) is 0 Å². The number of anilines is 4. The average Bonchev–Trinajstić information content (AvgIpc) is 3.29. The van der Waals surface area contributed by atoms with Crippen LogP contribution in [0, 0.1) is 10.1 Å². The van der Waals surface area contributed by atoms with Gasteiger partial charge in [0.2, 0.25) is 5.82 Å². The van der Waals surface area contributed by atoms with Crippen LogP contribution >= 0.6 is 0 Å². The van der Waals surface area contributed by atoms with Crippen LogP contribution in [-0.4, -0.2) is 31.5 Å². The van der Waals surface area contributed by atoms with Gasteiger partial charge >= 0.3 is 5.69 Å². The maximum absolute atomic E-state index is 11.5. The second kappa shape index (κ2) is 7.77. The van der Waals surface area contributed by atoms with Crippen molar-refractivity contribution in [2.45, 2.75) is 0 Å². The monoisotopic (exact) mass is 387 g/mol. The van der Waals surface area contributed by atoms with Crippen molar-refractivity contribution in [3.63, 3.8) is 0 Å². The van der Waals surface area contributed by atoms with Gasteiger partial charge in [-0.05, 0) is 42.5 Å². The summed E-state index contributed by atoms with van der Waals surface area (Å²) in [5.74, 6) is 0.722. The Balaban J connectivity index is 1.64. The lowest BCUT2D eigenvalue weighted by atomic mass is 10.2. The van der Waals surface area contributed by atoms with E-state index < -0.39 is 4.92 Å². The highest BCUT2D eigenvalue weighted by Gasteiger charge is 2.18. The molecule has 0 saturated carbocycles. The molecule has 0 bridgehead atoms. The second-order valence-electron chi connectivity index (χ2n) is 6.21. The molecule has 144 valence electrons. The Kier molecular flexibility index (Phi) is 4.85. The third kappa shape index (κ3) is 3.88. The van der Waals surface area contributed by atoms with Crippen LogP contribution in [-0.2, 0) is 0 Å². The van der Waals surface area contributed by atoms with Crippen molar-refractivity contribution in [1.29, 1.82) is 0 Å². The molecule has 0 aliphatic heterocycles. The van der Waals surface area contributed by atoms with Crippen molar-refractivity contribution in [1.82, 2.24) is 19.5 Å². The lowest BCUT2D eigenvalue weighted by Gasteiger charge is -2.18. The van der Waals surface area contributed by atoms with E-state index in [0.29, 0.717) is 11.5 Å². The van der Waals surface area contributed by atoms with Crippen LogP contribution < -0.4 is 10.2 Å². The van der Waals surface area contributed by atoms with Crippen molar-refractivity contribution in [2.75, 3.05) is 17.3 Å². The van der Waals surface area contributed by atoms with Crippen LogP contribution in [0.15, 0.2) is 79.6 Å². The highest BCUT2D eigenvalue weighted by Crippen LogP contribution is 2.30. The number of pyridine rings is 2. The number of benzene rings is 1. The lowest BCUT2D eigenvalue weighted by molar-refractivity contribution is -0.384. The number of hydrogen-bond acceptors (Lipinski definition) is 7. The van der Waals surface area contributed by atoms with E-state index in [1.165, 1.54) is 6.07 Å². The zero-order valence-electron chi connectivity index (χ0n) is 15.5. The summed E-state index contributed by atoms with van der Waals surface area (Å²) in [6.45, 7) is 0. The van der Waals surface area contributed by atoms with Crippen LogP contribution in [0.1, 0.15) is 0 Å². The number of aromatic nitrogens is 4. The number of nitrogens with one attached hydrogen (secondary N) is 1. The standard InChI is InChI=1S/C20H17N7O2/c1-25(17-3-2-10-21-13-17)19-9-8-18(27(28)29)20(24-19)23-15-4-6-16(7-5-15)26-12-11-22-14-26/h2-14H,1H3,(H,23,24). The van der Waals surface area contributed by atoms with Gasteiger partial charge in [-0.1, -0.05) is 0 Å². The Morgan fingerprint density at radius 2 is 1.90 bits per heavy atom. The molecule has 0 radical (unpaired) electrons. The Labute approximate surface area is 166 Å². The summed E-state index contributed by atoms with van der Waals surface area (Å²) in [4.78, 5) is 25.4. The summed E-state index contributed by atoms with van der Waals surface area (Å²) >= 11 is 0. The zero-order chi connectivity index (χ0) is 20.2. The van der Waals surface area contributed by atoms with Gasteiger partial charge in [0.1, 0.15) is 5.82 Å². The minimum absolute atomic E-state index is 0.105. The van der Waals surface area contributed by atoms with E-state index in [2.05, 4.69) is 20.3 Å². The van der Waals surface area contributed by atoms with E-state index in [1.807, 2.05) is 59.1 Å². The molecular formula is C20H17N7O2. The molecule has 29 heavy (non-hydrogen) atoms. The first kappa shape index (κ1) is 18.1. The van der Waals surface area contributed by atoms with E-state index in [0.717, 1.165) is 11.4 Å². The Hall–Kier alpha value is -4.27. The van der Waals surface area contributed by atoms with E-state index in [-0.39, 0.29) is 11.5 Å². The molecule has 9 nitrogen and oxygen atoms in total. The first-order valence-corrected chi connectivity index (χ1v) is 8.76. The Morgan fingerprint density at radius 1 is 1.07 bits per heavy atom. The smallest absolute Gasteiger partial charge is 0.311 e. The molecular weight excluding hydrogens is 370 g/mol. The van der Waals surface area contributed by atoms with E-state index in [4.69, 9.17) is 0 Å². The average molecular weight is 387 g/mol. The van der Waals surface area contributed by atoms with Gasteiger partial charge < -0.3 is 14.8 Å². The fourth-order valence-corrected chi connectivity index (χ4v) is 2.82. The van der Waals surface area contributed by atoms with Gasteiger partial charge in [0.15, 0.2) is 0 Å². The fraction of sp³-hybridized carbons (Fsp3) is 0.0500. The summed E-state index contributed by atoms with van der Waals surface area (Å²) < 4.78 is 1.87. The first-order valence-electron chi connectivity index (χ1n) is 8.76. The zero-order valence-corrected chi connectivity index (χ0v) is 15.5. The SMILES string of the molecule is CN(c1cccnc1)c1ccc([N+](=O)[O-])c(Nc2ccc(-n3ccnc3)cc2)n1. The Morgan fingerprint density at radius 3 is 2.55 bits per heavy atom. The molecule has 0 unspecified atom stereocenters. The Bertz CT molecular complexity index is 1110. The number of rotatable bonds is 6. The van der Waals surface area contributed by atoms with Gasteiger partial charge in [0.05, 0.1) is 23.1 Å². The summed E-state index contributed by atoms with van der Waals surface area (Å²) in [6.07, 6.45) is 8.62. The lowest BCUT2D eigenvalue weighted by Crippen LogP contribution is -2.12. The van der Waals surface area contributed by atoms with Gasteiger partial charge in [0, 0.05) is 43.1 Å². The third-order valence-corrected chi connectivity index (χ3v) is 4.37. The quantitative estimate of drug-likeness (QED) is 0.393. The number of imidazole rings is 1. The third-order valence-electron chi connectivity index (χ3n) is 4.37. The molecule has 0 saturated heterocycles. The summed E-state index contributed by atoms with van der Waals surface area (Å²) in [5, 5.41) is 14.5.